The molecule has 0 unspecified atom stereocenters. The number of carbonyl (C=O) groups is 3. The van der Waals surface area contributed by atoms with Crippen LogP contribution in [0.4, 0.5) is 0 Å². The van der Waals surface area contributed by atoms with Gasteiger partial charge in [-0.3, -0.25) is 14.4 Å². The maximum Gasteiger partial charge on any atom is 0.253 e. The van der Waals surface area contributed by atoms with E-state index in [1.807, 2.05) is 40.1 Å². The second kappa shape index (κ2) is 11.7. The summed E-state index contributed by atoms with van der Waals surface area (Å²) in [4.78, 5) is 41.6. The molecule has 0 radical (unpaired) electrons. The Hall–Kier alpha value is -2.86. The van der Waals surface area contributed by atoms with Crippen LogP contribution in [0.3, 0.4) is 0 Å². The van der Waals surface area contributed by atoms with E-state index >= 15 is 0 Å². The Morgan fingerprint density at radius 3 is 2.28 bits per heavy atom. The van der Waals surface area contributed by atoms with Gasteiger partial charge in [0.2, 0.25) is 5.91 Å². The summed E-state index contributed by atoms with van der Waals surface area (Å²) in [6, 6.07) is 16.1. The monoisotopic (exact) mass is 455 g/mol. The second-order valence-corrected chi connectivity index (χ2v) is 8.43. The third-order valence-electron chi connectivity index (χ3n) is 5.73. The molecular weight excluding hydrogens is 426 g/mol. The van der Waals surface area contributed by atoms with E-state index in [2.05, 4.69) is 12.2 Å². The van der Waals surface area contributed by atoms with Crippen molar-refractivity contribution in [3.63, 3.8) is 0 Å². The van der Waals surface area contributed by atoms with E-state index in [-0.39, 0.29) is 36.7 Å². The first-order valence-electron chi connectivity index (χ1n) is 11.2. The van der Waals surface area contributed by atoms with E-state index in [1.165, 1.54) is 0 Å². The molecule has 1 N–H and O–H groups in total. The molecule has 1 aliphatic heterocycles. The maximum absolute atomic E-state index is 12.9. The Bertz CT molecular complexity index is 910. The van der Waals surface area contributed by atoms with Crippen LogP contribution in [0.2, 0.25) is 5.02 Å². The van der Waals surface area contributed by atoms with Gasteiger partial charge in [0.1, 0.15) is 0 Å². The molecule has 2 aromatic carbocycles. The second-order valence-electron chi connectivity index (χ2n) is 7.99. The van der Waals surface area contributed by atoms with Crippen LogP contribution in [0.1, 0.15) is 53.3 Å². The number of nitrogens with one attached hydrogen (secondary N) is 1. The molecule has 1 fully saturated rings. The first-order valence-corrected chi connectivity index (χ1v) is 11.5. The Morgan fingerprint density at radius 1 is 1.00 bits per heavy atom. The zero-order chi connectivity index (χ0) is 22.9. The lowest BCUT2D eigenvalue weighted by Crippen LogP contribution is -2.49. The molecule has 0 saturated carbocycles. The van der Waals surface area contributed by atoms with Gasteiger partial charge in [-0.2, -0.15) is 0 Å². The molecule has 6 nitrogen and oxygen atoms in total. The highest BCUT2D eigenvalue weighted by molar-refractivity contribution is 6.30. The number of hydrogen-bond donors (Lipinski definition) is 1. The highest BCUT2D eigenvalue weighted by Gasteiger charge is 2.29. The highest BCUT2D eigenvalue weighted by atomic mass is 35.5. The van der Waals surface area contributed by atoms with Gasteiger partial charge in [-0.15, -0.1) is 0 Å². The zero-order valence-electron chi connectivity index (χ0n) is 18.4. The van der Waals surface area contributed by atoms with Gasteiger partial charge in [-0.25, -0.2) is 0 Å². The average Bonchev–Trinajstić information content (AvgIpc) is 2.83. The number of piperidine rings is 1. The van der Waals surface area contributed by atoms with Gasteiger partial charge in [-0.05, 0) is 55.7 Å². The summed E-state index contributed by atoms with van der Waals surface area (Å²) in [5.74, 6) is -0.136. The number of hydrogen-bond acceptors (Lipinski definition) is 3. The molecule has 3 amide bonds. The molecule has 3 rings (SSSR count). The molecular formula is C25H30ClN3O3. The summed E-state index contributed by atoms with van der Waals surface area (Å²) in [6.45, 7) is 4.29. The molecule has 7 heteroatoms. The summed E-state index contributed by atoms with van der Waals surface area (Å²) < 4.78 is 0. The molecule has 2 aromatic rings. The molecule has 1 saturated heterocycles. The van der Waals surface area contributed by atoms with Crippen molar-refractivity contribution >= 4 is 29.3 Å². The standard InChI is InChI=1S/C25H30ClN3O3/c1-2-16-29(23(30)12-15-27-24(31)19-8-10-21(26)11-9-19)22-13-17-28(18-14-22)25(32)20-6-4-3-5-7-20/h3-11,22H,2,12-18H2,1H3,(H,27,31). The van der Waals surface area contributed by atoms with Crippen molar-refractivity contribution in [2.75, 3.05) is 26.2 Å². The summed E-state index contributed by atoms with van der Waals surface area (Å²) in [5, 5.41) is 3.38. The van der Waals surface area contributed by atoms with Crippen molar-refractivity contribution in [1.29, 1.82) is 0 Å². The number of nitrogens with zero attached hydrogens (tertiary/aromatic N) is 2. The van der Waals surface area contributed by atoms with E-state index in [0.717, 1.165) is 19.3 Å². The largest absolute Gasteiger partial charge is 0.352 e. The van der Waals surface area contributed by atoms with Crippen LogP contribution in [0.5, 0.6) is 0 Å². The van der Waals surface area contributed by atoms with Gasteiger partial charge in [0.05, 0.1) is 0 Å². The van der Waals surface area contributed by atoms with Gasteiger partial charge in [0.15, 0.2) is 0 Å². The SMILES string of the molecule is CCCN(C(=O)CCNC(=O)c1ccc(Cl)cc1)C1CCN(C(=O)c2ccccc2)CC1. The maximum atomic E-state index is 12.9. The first kappa shape index (κ1) is 23.8. The molecule has 170 valence electrons. The van der Waals surface area contributed by atoms with Crippen molar-refractivity contribution in [1.82, 2.24) is 15.1 Å². The van der Waals surface area contributed by atoms with Crippen molar-refractivity contribution in [2.24, 2.45) is 0 Å². The lowest BCUT2D eigenvalue weighted by Gasteiger charge is -2.38. The quantitative estimate of drug-likeness (QED) is 0.654. The molecule has 0 atom stereocenters. The number of carbonyl (C=O) groups excluding carboxylic acids is 3. The fraction of sp³-hybridized carbons (Fsp3) is 0.400. The fourth-order valence-corrected chi connectivity index (χ4v) is 4.15. The molecule has 1 heterocycles. The van der Waals surface area contributed by atoms with E-state index in [9.17, 15) is 14.4 Å². The lowest BCUT2D eigenvalue weighted by atomic mass is 10.0. The van der Waals surface area contributed by atoms with Crippen molar-refractivity contribution < 1.29 is 14.4 Å². The van der Waals surface area contributed by atoms with Gasteiger partial charge >= 0.3 is 0 Å². The van der Waals surface area contributed by atoms with Crippen LogP contribution in [-0.2, 0) is 4.79 Å². The summed E-state index contributed by atoms with van der Waals surface area (Å²) in [5.41, 5.74) is 1.21. The summed E-state index contributed by atoms with van der Waals surface area (Å²) in [6.07, 6.45) is 2.65. The van der Waals surface area contributed by atoms with E-state index in [1.54, 1.807) is 24.3 Å². The number of benzene rings is 2. The van der Waals surface area contributed by atoms with Crippen molar-refractivity contribution in [3.8, 4) is 0 Å². The molecule has 1 aliphatic rings. The Balaban J connectivity index is 1.49. The van der Waals surface area contributed by atoms with E-state index in [0.29, 0.717) is 35.8 Å². The minimum absolute atomic E-state index is 0.0380. The van der Waals surface area contributed by atoms with Crippen LogP contribution < -0.4 is 5.32 Å². The Kier molecular flexibility index (Phi) is 8.68. The van der Waals surface area contributed by atoms with Crippen LogP contribution in [0.15, 0.2) is 54.6 Å². The minimum Gasteiger partial charge on any atom is -0.352 e. The van der Waals surface area contributed by atoms with Crippen LogP contribution in [-0.4, -0.2) is 59.7 Å². The van der Waals surface area contributed by atoms with Gasteiger partial charge in [0.25, 0.3) is 11.8 Å². The number of halogens is 1. The van der Waals surface area contributed by atoms with Crippen molar-refractivity contribution in [2.45, 2.75) is 38.6 Å². The minimum atomic E-state index is -0.218. The summed E-state index contributed by atoms with van der Waals surface area (Å²) in [7, 11) is 0. The highest BCUT2D eigenvalue weighted by Crippen LogP contribution is 2.20. The topological polar surface area (TPSA) is 69.7 Å². The lowest BCUT2D eigenvalue weighted by molar-refractivity contribution is -0.134. The average molecular weight is 456 g/mol. The first-order chi connectivity index (χ1) is 15.5. The Morgan fingerprint density at radius 2 is 1.66 bits per heavy atom. The zero-order valence-corrected chi connectivity index (χ0v) is 19.2. The molecule has 32 heavy (non-hydrogen) atoms. The number of rotatable bonds is 8. The smallest absolute Gasteiger partial charge is 0.253 e. The fourth-order valence-electron chi connectivity index (χ4n) is 4.03. The summed E-state index contributed by atoms with van der Waals surface area (Å²) >= 11 is 5.85. The normalized spacial score (nSPS) is 14.1. The van der Waals surface area contributed by atoms with Gasteiger partial charge in [0, 0.05) is 54.8 Å². The third-order valence-corrected chi connectivity index (χ3v) is 5.98. The number of likely N-dealkylation sites (tertiary alicyclic amines) is 1. The van der Waals surface area contributed by atoms with E-state index < -0.39 is 0 Å². The third kappa shape index (κ3) is 6.33. The molecule has 0 bridgehead atoms. The predicted molar refractivity (Wildman–Crippen MR) is 126 cm³/mol. The van der Waals surface area contributed by atoms with Gasteiger partial charge < -0.3 is 15.1 Å². The molecule has 0 spiro atoms. The Labute approximate surface area is 194 Å². The van der Waals surface area contributed by atoms with Crippen LogP contribution in [0, 0.1) is 0 Å². The van der Waals surface area contributed by atoms with Crippen molar-refractivity contribution in [3.05, 3.63) is 70.7 Å². The van der Waals surface area contributed by atoms with Crippen LogP contribution in [0.25, 0.3) is 0 Å². The molecule has 0 aromatic heterocycles. The number of amides is 3. The van der Waals surface area contributed by atoms with E-state index in [4.69, 9.17) is 11.6 Å². The van der Waals surface area contributed by atoms with Crippen LogP contribution >= 0.6 is 11.6 Å². The van der Waals surface area contributed by atoms with Gasteiger partial charge in [-0.1, -0.05) is 36.7 Å². The molecule has 0 aliphatic carbocycles. The predicted octanol–water partition coefficient (Wildman–Crippen LogP) is 4.00.